The molecule has 0 radical (unpaired) electrons. The van der Waals surface area contributed by atoms with Crippen molar-refractivity contribution in [1.82, 2.24) is 15.3 Å². The van der Waals surface area contributed by atoms with Crippen molar-refractivity contribution in [1.29, 1.82) is 0 Å². The van der Waals surface area contributed by atoms with E-state index in [4.69, 9.17) is 14.7 Å². The molecule has 0 aliphatic carbocycles. The van der Waals surface area contributed by atoms with Crippen LogP contribution < -0.4 is 15.0 Å². The molecular weight excluding hydrogens is 376 g/mol. The second-order valence-corrected chi connectivity index (χ2v) is 8.77. The second kappa shape index (κ2) is 7.94. The van der Waals surface area contributed by atoms with Gasteiger partial charge in [0.1, 0.15) is 11.4 Å². The zero-order valence-electron chi connectivity index (χ0n) is 18.0. The van der Waals surface area contributed by atoms with Gasteiger partial charge in [-0.3, -0.25) is 4.79 Å². The van der Waals surface area contributed by atoms with E-state index in [2.05, 4.69) is 10.2 Å². The summed E-state index contributed by atoms with van der Waals surface area (Å²) in [7, 11) is 1.66. The quantitative estimate of drug-likeness (QED) is 0.711. The van der Waals surface area contributed by atoms with E-state index in [0.717, 1.165) is 53.4 Å². The van der Waals surface area contributed by atoms with Crippen LogP contribution in [0.1, 0.15) is 27.2 Å². The highest BCUT2D eigenvalue weighted by molar-refractivity contribution is 5.84. The van der Waals surface area contributed by atoms with Gasteiger partial charge in [-0.05, 0) is 42.8 Å². The Morgan fingerprint density at radius 2 is 1.73 bits per heavy atom. The molecule has 4 rings (SSSR count). The molecule has 1 aliphatic heterocycles. The Morgan fingerprint density at radius 3 is 2.37 bits per heavy atom. The minimum Gasteiger partial charge on any atom is -0.497 e. The molecule has 30 heavy (non-hydrogen) atoms. The number of nitrogens with one attached hydrogen (secondary N) is 1. The summed E-state index contributed by atoms with van der Waals surface area (Å²) in [6.07, 6.45) is 0.887. The van der Waals surface area contributed by atoms with Crippen LogP contribution in [0.4, 0.5) is 5.82 Å². The van der Waals surface area contributed by atoms with Gasteiger partial charge in [0.25, 0.3) is 0 Å². The first kappa shape index (κ1) is 20.1. The molecule has 2 heterocycles. The molecule has 3 aromatic rings. The molecule has 1 aromatic heterocycles. The molecule has 156 valence electrons. The van der Waals surface area contributed by atoms with Gasteiger partial charge in [0, 0.05) is 30.1 Å². The number of ether oxygens (including phenoxy) is 1. The molecule has 0 bridgehead atoms. The zero-order valence-corrected chi connectivity index (χ0v) is 18.0. The Kier molecular flexibility index (Phi) is 5.33. The van der Waals surface area contributed by atoms with Crippen LogP contribution in [-0.4, -0.2) is 42.1 Å². The number of carbonyl (C=O) groups excluding carboxylic acids is 1. The highest BCUT2D eigenvalue weighted by atomic mass is 16.5. The zero-order chi connectivity index (χ0) is 21.3. The first-order valence-corrected chi connectivity index (χ1v) is 10.3. The van der Waals surface area contributed by atoms with E-state index in [1.807, 2.05) is 69.3 Å². The van der Waals surface area contributed by atoms with E-state index in [0.29, 0.717) is 0 Å². The van der Waals surface area contributed by atoms with Gasteiger partial charge in [-0.2, -0.15) is 0 Å². The van der Waals surface area contributed by atoms with E-state index < -0.39 is 5.41 Å². The summed E-state index contributed by atoms with van der Waals surface area (Å²) in [6.45, 7) is 7.35. The molecule has 1 unspecified atom stereocenters. The Bertz CT molecular complexity index is 1060. The standard InChI is InChI=1S/C24H28N4O2/c1-24(2,3)23(29)25-17-13-14-28(15-17)22-21(16-9-11-18(30-4)12-10-16)26-19-7-5-6-8-20(19)27-22/h5-12,17H,13-15H2,1-4H3,(H,25,29). The molecule has 1 N–H and O–H groups in total. The van der Waals surface area contributed by atoms with Crippen LogP contribution in [0.3, 0.4) is 0 Å². The van der Waals surface area contributed by atoms with Gasteiger partial charge < -0.3 is 15.0 Å². The Balaban J connectivity index is 1.68. The summed E-state index contributed by atoms with van der Waals surface area (Å²) in [6, 6.07) is 15.9. The van der Waals surface area contributed by atoms with Crippen LogP contribution in [0.5, 0.6) is 5.75 Å². The van der Waals surface area contributed by atoms with Gasteiger partial charge in [-0.1, -0.05) is 32.9 Å². The number of hydrogen-bond acceptors (Lipinski definition) is 5. The molecule has 1 fully saturated rings. The fourth-order valence-corrected chi connectivity index (χ4v) is 3.63. The molecular formula is C24H28N4O2. The summed E-state index contributed by atoms with van der Waals surface area (Å²) in [4.78, 5) is 24.5. The molecule has 6 heteroatoms. The van der Waals surface area contributed by atoms with Crippen molar-refractivity contribution in [2.75, 3.05) is 25.1 Å². The second-order valence-electron chi connectivity index (χ2n) is 8.77. The van der Waals surface area contributed by atoms with Crippen molar-refractivity contribution in [3.05, 3.63) is 48.5 Å². The lowest BCUT2D eigenvalue weighted by Crippen LogP contribution is -2.43. The third kappa shape index (κ3) is 4.08. The number of nitrogens with zero attached hydrogens (tertiary/aromatic N) is 3. The number of fused-ring (bicyclic) bond motifs is 1. The maximum Gasteiger partial charge on any atom is 0.225 e. The summed E-state index contributed by atoms with van der Waals surface area (Å²) in [5.41, 5.74) is 3.17. The van der Waals surface area contributed by atoms with E-state index in [1.165, 1.54) is 0 Å². The molecule has 1 aliphatic rings. The van der Waals surface area contributed by atoms with Crippen molar-refractivity contribution in [2.45, 2.75) is 33.2 Å². The molecule has 1 amide bonds. The van der Waals surface area contributed by atoms with Crippen molar-refractivity contribution in [2.24, 2.45) is 5.41 Å². The van der Waals surface area contributed by atoms with E-state index >= 15 is 0 Å². The molecule has 6 nitrogen and oxygen atoms in total. The maximum atomic E-state index is 12.4. The fraction of sp³-hybridized carbons (Fsp3) is 0.375. The summed E-state index contributed by atoms with van der Waals surface area (Å²) < 4.78 is 5.30. The Morgan fingerprint density at radius 1 is 1.07 bits per heavy atom. The topological polar surface area (TPSA) is 67.4 Å². The summed E-state index contributed by atoms with van der Waals surface area (Å²) >= 11 is 0. The van der Waals surface area contributed by atoms with E-state index in [-0.39, 0.29) is 11.9 Å². The first-order chi connectivity index (χ1) is 14.3. The number of anilines is 1. The summed E-state index contributed by atoms with van der Waals surface area (Å²) in [5, 5.41) is 3.18. The smallest absolute Gasteiger partial charge is 0.225 e. The average molecular weight is 405 g/mol. The number of aromatic nitrogens is 2. The predicted octanol–water partition coefficient (Wildman–Crippen LogP) is 4.05. The normalized spacial score (nSPS) is 16.7. The number of amides is 1. The van der Waals surface area contributed by atoms with Gasteiger partial charge in [0.2, 0.25) is 5.91 Å². The van der Waals surface area contributed by atoms with Crippen molar-refractivity contribution >= 4 is 22.8 Å². The lowest BCUT2D eigenvalue weighted by Gasteiger charge is -2.23. The molecule has 2 aromatic carbocycles. The summed E-state index contributed by atoms with van der Waals surface area (Å²) in [5.74, 6) is 1.74. The largest absolute Gasteiger partial charge is 0.497 e. The third-order valence-corrected chi connectivity index (χ3v) is 5.42. The molecule has 1 saturated heterocycles. The number of para-hydroxylation sites is 2. The molecule has 1 atom stereocenters. The Labute approximate surface area is 177 Å². The van der Waals surface area contributed by atoms with Crippen LogP contribution in [0.25, 0.3) is 22.3 Å². The van der Waals surface area contributed by atoms with E-state index in [1.54, 1.807) is 7.11 Å². The molecule has 0 saturated carbocycles. The van der Waals surface area contributed by atoms with Gasteiger partial charge in [0.15, 0.2) is 5.82 Å². The minimum absolute atomic E-state index is 0.0781. The van der Waals surface area contributed by atoms with Gasteiger partial charge in [-0.25, -0.2) is 9.97 Å². The third-order valence-electron chi connectivity index (χ3n) is 5.42. The van der Waals surface area contributed by atoms with Crippen LogP contribution in [0.15, 0.2) is 48.5 Å². The van der Waals surface area contributed by atoms with Gasteiger partial charge >= 0.3 is 0 Å². The fourth-order valence-electron chi connectivity index (χ4n) is 3.63. The number of benzene rings is 2. The van der Waals surface area contributed by atoms with Crippen LogP contribution in [0, 0.1) is 5.41 Å². The average Bonchev–Trinajstić information content (AvgIpc) is 3.20. The number of methoxy groups -OCH3 is 1. The SMILES string of the molecule is COc1ccc(-c2nc3ccccc3nc2N2CCC(NC(=O)C(C)(C)C)C2)cc1. The number of hydrogen-bond donors (Lipinski definition) is 1. The van der Waals surface area contributed by atoms with Crippen molar-refractivity contribution in [3.63, 3.8) is 0 Å². The lowest BCUT2D eigenvalue weighted by molar-refractivity contribution is -0.129. The van der Waals surface area contributed by atoms with Crippen LogP contribution >= 0.6 is 0 Å². The van der Waals surface area contributed by atoms with Gasteiger partial charge in [-0.15, -0.1) is 0 Å². The minimum atomic E-state index is -0.398. The predicted molar refractivity (Wildman–Crippen MR) is 120 cm³/mol. The highest BCUT2D eigenvalue weighted by Crippen LogP contribution is 2.32. The van der Waals surface area contributed by atoms with E-state index in [9.17, 15) is 4.79 Å². The maximum absolute atomic E-state index is 12.4. The number of carbonyl (C=O) groups is 1. The first-order valence-electron chi connectivity index (χ1n) is 10.3. The highest BCUT2D eigenvalue weighted by Gasteiger charge is 2.30. The van der Waals surface area contributed by atoms with Crippen LogP contribution in [-0.2, 0) is 4.79 Å². The van der Waals surface area contributed by atoms with Gasteiger partial charge in [0.05, 0.1) is 18.1 Å². The Hall–Kier alpha value is -3.15. The van der Waals surface area contributed by atoms with Crippen molar-refractivity contribution < 1.29 is 9.53 Å². The number of rotatable bonds is 4. The lowest BCUT2D eigenvalue weighted by atomic mass is 9.95. The monoisotopic (exact) mass is 404 g/mol. The van der Waals surface area contributed by atoms with Crippen molar-refractivity contribution in [3.8, 4) is 17.0 Å². The van der Waals surface area contributed by atoms with Crippen LogP contribution in [0.2, 0.25) is 0 Å². The molecule has 0 spiro atoms.